The number of aromatic nitrogens is 3. The summed E-state index contributed by atoms with van der Waals surface area (Å²) < 4.78 is 4.16. The predicted octanol–water partition coefficient (Wildman–Crippen LogP) is 4.20. The number of rotatable bonds is 3. The number of nitrogens with zero attached hydrogens (tertiary/aromatic N) is 5. The summed E-state index contributed by atoms with van der Waals surface area (Å²) in [6, 6.07) is 15.0. The van der Waals surface area contributed by atoms with E-state index in [0.717, 1.165) is 77.1 Å². The van der Waals surface area contributed by atoms with Crippen LogP contribution in [0.15, 0.2) is 48.7 Å². The van der Waals surface area contributed by atoms with Crippen LogP contribution in [0.2, 0.25) is 5.02 Å². The lowest BCUT2D eigenvalue weighted by Gasteiger charge is -2.46. The Labute approximate surface area is 209 Å². The van der Waals surface area contributed by atoms with Gasteiger partial charge >= 0.3 is 0 Å². The molecule has 35 heavy (non-hydrogen) atoms. The summed E-state index contributed by atoms with van der Waals surface area (Å²) in [7, 11) is 1.95. The number of carbonyl (C=O) groups is 1. The molecule has 7 nitrogen and oxygen atoms in total. The molecule has 180 valence electrons. The number of imidazole rings is 1. The fraction of sp³-hybridized carbons (Fsp3) is 0.370. The topological polar surface area (TPSA) is 70.2 Å². The van der Waals surface area contributed by atoms with E-state index in [9.17, 15) is 4.79 Å². The van der Waals surface area contributed by atoms with E-state index in [2.05, 4.69) is 27.7 Å². The number of carbonyl (C=O) groups excluding carboxylic acids is 1. The highest BCUT2D eigenvalue weighted by atomic mass is 35.5. The first kappa shape index (κ1) is 22.3. The van der Waals surface area contributed by atoms with Gasteiger partial charge in [-0.05, 0) is 48.2 Å². The van der Waals surface area contributed by atoms with Crippen LogP contribution in [0.1, 0.15) is 25.8 Å². The third-order valence-corrected chi connectivity index (χ3v) is 8.13. The number of fused-ring (bicyclic) bond motifs is 3. The second-order valence-corrected chi connectivity index (χ2v) is 10.2. The Balaban J connectivity index is 1.35. The smallest absolute Gasteiger partial charge is 0.219 e. The van der Waals surface area contributed by atoms with Crippen molar-refractivity contribution in [3.05, 3.63) is 59.3 Å². The molecule has 6 rings (SSSR count). The van der Waals surface area contributed by atoms with Crippen LogP contribution in [0.25, 0.3) is 33.1 Å². The predicted molar refractivity (Wildman–Crippen MR) is 138 cm³/mol. The highest BCUT2D eigenvalue weighted by Gasteiger charge is 2.37. The molecule has 2 aromatic heterocycles. The van der Waals surface area contributed by atoms with Gasteiger partial charge in [-0.15, -0.1) is 0 Å². The van der Waals surface area contributed by atoms with E-state index in [0.29, 0.717) is 11.7 Å². The van der Waals surface area contributed by atoms with Crippen LogP contribution in [0.4, 0.5) is 0 Å². The number of pyridine rings is 1. The standard InChI is InChI=1S/C27H29ClN6O/c1-17(35)32-9-11-33(12-10-32)21-14-22(15-21)34-26-23-13-19(18-3-6-20(28)7-4-18)5-8-24(23)30-16-25(26)31(2)27(34)29/h3-8,13,16,21-22,29H,9-12,14-15H2,1-2H3. The van der Waals surface area contributed by atoms with Crippen LogP contribution in [0, 0.1) is 5.41 Å². The van der Waals surface area contributed by atoms with Crippen LogP contribution in [0.3, 0.4) is 0 Å². The van der Waals surface area contributed by atoms with Gasteiger partial charge in [0.2, 0.25) is 11.5 Å². The largest absolute Gasteiger partial charge is 0.340 e. The number of halogens is 1. The lowest BCUT2D eigenvalue weighted by atomic mass is 9.84. The average Bonchev–Trinajstić information content (AvgIpc) is 3.09. The maximum atomic E-state index is 11.7. The van der Waals surface area contributed by atoms with Crippen LogP contribution in [0.5, 0.6) is 0 Å². The molecule has 1 saturated heterocycles. The van der Waals surface area contributed by atoms with E-state index in [4.69, 9.17) is 22.0 Å². The molecule has 8 heteroatoms. The fourth-order valence-corrected chi connectivity index (χ4v) is 5.82. The third-order valence-electron chi connectivity index (χ3n) is 7.88. The molecule has 1 aliphatic heterocycles. The number of hydrogen-bond donors (Lipinski definition) is 1. The molecular formula is C27H29ClN6O. The van der Waals surface area contributed by atoms with Gasteiger partial charge in [0.15, 0.2) is 0 Å². The molecular weight excluding hydrogens is 460 g/mol. The van der Waals surface area contributed by atoms with Crippen molar-refractivity contribution in [1.82, 2.24) is 23.9 Å². The van der Waals surface area contributed by atoms with Crippen molar-refractivity contribution in [3.8, 4) is 11.1 Å². The molecule has 0 bridgehead atoms. The van der Waals surface area contributed by atoms with Crippen molar-refractivity contribution in [1.29, 1.82) is 5.41 Å². The van der Waals surface area contributed by atoms with Crippen molar-refractivity contribution in [2.45, 2.75) is 31.8 Å². The van der Waals surface area contributed by atoms with Crippen LogP contribution in [-0.2, 0) is 11.8 Å². The summed E-state index contributed by atoms with van der Waals surface area (Å²) in [5.74, 6) is 0.166. The zero-order chi connectivity index (χ0) is 24.3. The van der Waals surface area contributed by atoms with Gasteiger partial charge in [-0.25, -0.2) is 0 Å². The van der Waals surface area contributed by atoms with Crippen LogP contribution < -0.4 is 5.62 Å². The van der Waals surface area contributed by atoms with Gasteiger partial charge in [0.25, 0.3) is 0 Å². The maximum absolute atomic E-state index is 11.7. The van der Waals surface area contributed by atoms with Gasteiger partial charge in [0.1, 0.15) is 0 Å². The molecule has 2 fully saturated rings. The molecule has 0 spiro atoms. The van der Waals surface area contributed by atoms with Crippen molar-refractivity contribution >= 4 is 39.4 Å². The minimum Gasteiger partial charge on any atom is -0.340 e. The van der Waals surface area contributed by atoms with E-state index in [1.165, 1.54) is 0 Å². The molecule has 4 aromatic rings. The first-order valence-corrected chi connectivity index (χ1v) is 12.6. The number of piperazine rings is 1. The minimum absolute atomic E-state index is 0.166. The first-order chi connectivity index (χ1) is 16.9. The Morgan fingerprint density at radius 1 is 1.00 bits per heavy atom. The van der Waals surface area contributed by atoms with Gasteiger partial charge in [-0.1, -0.05) is 29.8 Å². The SMILES string of the molecule is CC(=O)N1CCN(C2CC(n3c(=N)n(C)c4cnc5ccc(-c6ccc(Cl)cc6)cc5c43)C2)CC1. The second kappa shape index (κ2) is 8.50. The average molecular weight is 489 g/mol. The van der Waals surface area contributed by atoms with E-state index >= 15 is 0 Å². The fourth-order valence-electron chi connectivity index (χ4n) is 5.70. The molecule has 1 N–H and O–H groups in total. The summed E-state index contributed by atoms with van der Waals surface area (Å²) in [6.07, 6.45) is 3.94. The monoisotopic (exact) mass is 488 g/mol. The lowest BCUT2D eigenvalue weighted by molar-refractivity contribution is -0.131. The van der Waals surface area contributed by atoms with Crippen molar-refractivity contribution in [3.63, 3.8) is 0 Å². The number of hydrogen-bond acceptors (Lipinski definition) is 4. The highest BCUT2D eigenvalue weighted by molar-refractivity contribution is 6.30. The normalized spacial score (nSPS) is 20.9. The number of nitrogens with one attached hydrogen (secondary N) is 1. The summed E-state index contributed by atoms with van der Waals surface area (Å²) in [6.45, 7) is 5.14. The molecule has 0 atom stereocenters. The number of benzene rings is 2. The van der Waals surface area contributed by atoms with Gasteiger partial charge in [-0.3, -0.25) is 20.1 Å². The van der Waals surface area contributed by atoms with Crippen molar-refractivity contribution in [2.24, 2.45) is 7.05 Å². The van der Waals surface area contributed by atoms with Gasteiger partial charge in [0.05, 0.1) is 22.7 Å². The Kier molecular flexibility index (Phi) is 5.42. The zero-order valence-electron chi connectivity index (χ0n) is 20.0. The minimum atomic E-state index is 0.166. The highest BCUT2D eigenvalue weighted by Crippen LogP contribution is 2.39. The summed E-state index contributed by atoms with van der Waals surface area (Å²) in [4.78, 5) is 20.8. The van der Waals surface area contributed by atoms with E-state index in [1.807, 2.05) is 47.0 Å². The van der Waals surface area contributed by atoms with Crippen LogP contribution >= 0.6 is 11.6 Å². The molecule has 1 amide bonds. The Morgan fingerprint density at radius 3 is 2.37 bits per heavy atom. The van der Waals surface area contributed by atoms with Gasteiger partial charge < -0.3 is 14.0 Å². The molecule has 1 saturated carbocycles. The molecule has 2 aromatic carbocycles. The quantitative estimate of drug-likeness (QED) is 0.470. The molecule has 0 radical (unpaired) electrons. The van der Waals surface area contributed by atoms with Crippen molar-refractivity contribution in [2.75, 3.05) is 26.2 Å². The number of amides is 1. The summed E-state index contributed by atoms with van der Waals surface area (Å²) in [5.41, 5.74) is 5.73. The Morgan fingerprint density at radius 2 is 1.69 bits per heavy atom. The van der Waals surface area contributed by atoms with Gasteiger partial charge in [0, 0.05) is 62.6 Å². The number of aryl methyl sites for hydroxylation is 1. The van der Waals surface area contributed by atoms with Crippen molar-refractivity contribution < 1.29 is 4.79 Å². The third kappa shape index (κ3) is 3.74. The molecule has 2 aliphatic rings. The van der Waals surface area contributed by atoms with Crippen LogP contribution in [-0.4, -0.2) is 62.0 Å². The zero-order valence-corrected chi connectivity index (χ0v) is 20.8. The second-order valence-electron chi connectivity index (χ2n) is 9.80. The maximum Gasteiger partial charge on any atom is 0.219 e. The molecule has 3 heterocycles. The lowest BCUT2D eigenvalue weighted by Crippen LogP contribution is -2.55. The first-order valence-electron chi connectivity index (χ1n) is 12.2. The Bertz CT molecular complexity index is 1490. The summed E-state index contributed by atoms with van der Waals surface area (Å²) in [5, 5.41) is 10.7. The van der Waals surface area contributed by atoms with Gasteiger partial charge in [-0.2, -0.15) is 0 Å². The molecule has 1 aliphatic carbocycles. The molecule has 0 unspecified atom stereocenters. The van der Waals surface area contributed by atoms with E-state index < -0.39 is 0 Å². The summed E-state index contributed by atoms with van der Waals surface area (Å²) >= 11 is 6.10. The van der Waals surface area contributed by atoms with E-state index in [-0.39, 0.29) is 11.9 Å². The van der Waals surface area contributed by atoms with E-state index in [1.54, 1.807) is 6.92 Å². The Hall–Kier alpha value is -3.16.